The van der Waals surface area contributed by atoms with Crippen LogP contribution in [0.2, 0.25) is 0 Å². The molecule has 0 heterocycles. The molecule has 0 saturated heterocycles. The first-order valence-electron chi connectivity index (χ1n) is 31.6. The van der Waals surface area contributed by atoms with Crippen molar-refractivity contribution in [2.24, 2.45) is 0 Å². The lowest BCUT2D eigenvalue weighted by atomic mass is 10.0. The predicted molar refractivity (Wildman–Crippen MR) is 309 cm³/mol. The zero-order chi connectivity index (χ0) is 52.0. The number of unbranched alkanes of at least 4 members (excludes halogenated alkanes) is 44. The lowest BCUT2D eigenvalue weighted by Crippen LogP contribution is -2.46. The van der Waals surface area contributed by atoms with Gasteiger partial charge in [-0.25, -0.2) is 4.57 Å². The van der Waals surface area contributed by atoms with Crippen LogP contribution in [0.3, 0.4) is 0 Å². The highest BCUT2D eigenvalue weighted by Gasteiger charge is 2.28. The van der Waals surface area contributed by atoms with Gasteiger partial charge in [-0.2, -0.15) is 0 Å². The Bertz CT molecular complexity index is 1160. The quantitative estimate of drug-likeness (QED) is 0.0243. The minimum absolute atomic E-state index is 0.0774. The van der Waals surface area contributed by atoms with Crippen molar-refractivity contribution < 1.29 is 32.9 Å². The molecule has 8 nitrogen and oxygen atoms in total. The molecule has 0 fully saturated rings. The predicted octanol–water partition coefficient (Wildman–Crippen LogP) is 19.4. The van der Waals surface area contributed by atoms with Crippen LogP contribution in [0.5, 0.6) is 0 Å². The van der Waals surface area contributed by atoms with E-state index in [2.05, 4.69) is 31.3 Å². The van der Waals surface area contributed by atoms with E-state index in [-0.39, 0.29) is 19.1 Å². The number of phosphoric acid groups is 1. The fourth-order valence-corrected chi connectivity index (χ4v) is 10.5. The Morgan fingerprint density at radius 2 is 0.761 bits per heavy atom. The number of aliphatic hydroxyl groups is 1. The van der Waals surface area contributed by atoms with Crippen LogP contribution in [0.1, 0.15) is 328 Å². The summed E-state index contributed by atoms with van der Waals surface area (Å²) in [5, 5.41) is 14.1. The van der Waals surface area contributed by atoms with Gasteiger partial charge in [-0.05, 0) is 38.5 Å². The molecule has 0 aliphatic rings. The second-order valence-electron chi connectivity index (χ2n) is 23.1. The Morgan fingerprint density at radius 3 is 1.08 bits per heavy atom. The first-order chi connectivity index (χ1) is 34.5. The third kappa shape index (κ3) is 56.8. The van der Waals surface area contributed by atoms with E-state index in [4.69, 9.17) is 9.05 Å². The molecule has 0 radical (unpaired) electrons. The van der Waals surface area contributed by atoms with Crippen LogP contribution in [0.25, 0.3) is 0 Å². The summed E-state index contributed by atoms with van der Waals surface area (Å²) in [6, 6.07) is -0.759. The van der Waals surface area contributed by atoms with Gasteiger partial charge in [-0.1, -0.05) is 296 Å². The highest BCUT2D eigenvalue weighted by Crippen LogP contribution is 2.43. The Kier molecular flexibility index (Phi) is 53.5. The van der Waals surface area contributed by atoms with E-state index < -0.39 is 20.0 Å². The van der Waals surface area contributed by atoms with Crippen molar-refractivity contribution in [2.45, 2.75) is 341 Å². The average molecular weight is 1030 g/mol. The van der Waals surface area contributed by atoms with E-state index in [1.807, 2.05) is 21.1 Å². The van der Waals surface area contributed by atoms with E-state index in [0.29, 0.717) is 23.9 Å². The summed E-state index contributed by atoms with van der Waals surface area (Å²) in [6.45, 7) is 4.95. The molecule has 3 unspecified atom stereocenters. The Hall–Kier alpha value is -0.760. The van der Waals surface area contributed by atoms with E-state index in [1.165, 1.54) is 263 Å². The molecule has 0 aromatic carbocycles. The second kappa shape index (κ2) is 54.0. The summed E-state index contributed by atoms with van der Waals surface area (Å²) in [4.78, 5) is 23.4. The van der Waals surface area contributed by atoms with Crippen molar-refractivity contribution in [1.82, 2.24) is 5.32 Å². The number of nitrogens with zero attached hydrogens (tertiary/aromatic N) is 1. The van der Waals surface area contributed by atoms with Crippen molar-refractivity contribution >= 4 is 13.7 Å². The summed E-state index contributed by atoms with van der Waals surface area (Å²) in [5.41, 5.74) is 0. The number of rotatable bonds is 59. The van der Waals surface area contributed by atoms with Crippen LogP contribution in [0.4, 0.5) is 0 Å². The van der Waals surface area contributed by atoms with Crippen LogP contribution < -0.4 is 5.32 Å². The largest absolute Gasteiger partial charge is 0.472 e. The van der Waals surface area contributed by atoms with Crippen molar-refractivity contribution in [2.75, 3.05) is 40.9 Å². The molecule has 0 spiro atoms. The third-order valence-corrected chi connectivity index (χ3v) is 15.7. The SMILES string of the molecule is CCCCCCCCCCCCCC/C=C\CCCCCCCCCCCCCC(=O)NC(COP(=O)(O)OCC[N+](C)(C)C)C(O)CCCCCCCCCCCCCCCCCCCCCCCC. The number of carbonyl (C=O) groups is 1. The fraction of sp³-hybridized carbons (Fsp3) is 0.952. The number of quaternary nitrogens is 1. The molecular weight excluding hydrogens is 900 g/mol. The number of allylic oxidation sites excluding steroid dienone is 2. The molecule has 0 aromatic heterocycles. The monoisotopic (exact) mass is 1030 g/mol. The summed E-state index contributed by atoms with van der Waals surface area (Å²) >= 11 is 0. The summed E-state index contributed by atoms with van der Waals surface area (Å²) in [6.07, 6.45) is 67.1. The number of hydrogen-bond donors (Lipinski definition) is 3. The van der Waals surface area contributed by atoms with Crippen LogP contribution in [0.15, 0.2) is 12.2 Å². The molecule has 9 heteroatoms. The molecule has 1 amide bonds. The summed E-state index contributed by atoms with van der Waals surface area (Å²) in [7, 11) is 1.63. The van der Waals surface area contributed by atoms with Crippen LogP contribution >= 0.6 is 7.82 Å². The van der Waals surface area contributed by atoms with Crippen LogP contribution in [0, 0.1) is 0 Å². The number of aliphatic hydroxyl groups excluding tert-OH is 1. The zero-order valence-corrected chi connectivity index (χ0v) is 49.4. The van der Waals surface area contributed by atoms with Crippen molar-refractivity contribution in [3.8, 4) is 0 Å². The Balaban J connectivity index is 4.08. The van der Waals surface area contributed by atoms with Crippen molar-refractivity contribution in [1.29, 1.82) is 0 Å². The number of amides is 1. The topological polar surface area (TPSA) is 105 Å². The second-order valence-corrected chi connectivity index (χ2v) is 24.6. The van der Waals surface area contributed by atoms with Gasteiger partial charge in [0.05, 0.1) is 39.9 Å². The van der Waals surface area contributed by atoms with E-state index in [0.717, 1.165) is 38.5 Å². The highest BCUT2D eigenvalue weighted by atomic mass is 31.2. The van der Waals surface area contributed by atoms with Crippen molar-refractivity contribution in [3.05, 3.63) is 12.2 Å². The van der Waals surface area contributed by atoms with E-state index >= 15 is 0 Å². The Labute approximate surface area is 443 Å². The number of nitrogens with one attached hydrogen (secondary N) is 1. The minimum Gasteiger partial charge on any atom is -0.391 e. The maximum absolute atomic E-state index is 13.0. The molecule has 3 N–H and O–H groups in total. The van der Waals surface area contributed by atoms with Crippen LogP contribution in [-0.2, 0) is 18.4 Å². The van der Waals surface area contributed by atoms with Gasteiger partial charge in [0, 0.05) is 6.42 Å². The maximum Gasteiger partial charge on any atom is 0.472 e. The molecule has 3 atom stereocenters. The van der Waals surface area contributed by atoms with Gasteiger partial charge in [0.15, 0.2) is 0 Å². The number of carbonyl (C=O) groups excluding carboxylic acids is 1. The lowest BCUT2D eigenvalue weighted by molar-refractivity contribution is -0.870. The smallest absolute Gasteiger partial charge is 0.391 e. The Morgan fingerprint density at radius 1 is 0.465 bits per heavy atom. The van der Waals surface area contributed by atoms with E-state index in [9.17, 15) is 19.4 Å². The number of likely N-dealkylation sites (N-methyl/N-ethyl adjacent to an activating group) is 1. The molecule has 0 aliphatic carbocycles. The van der Waals surface area contributed by atoms with Crippen LogP contribution in [-0.4, -0.2) is 73.4 Å². The molecule has 0 bridgehead atoms. The maximum atomic E-state index is 13.0. The van der Waals surface area contributed by atoms with Gasteiger partial charge >= 0.3 is 7.82 Å². The van der Waals surface area contributed by atoms with Gasteiger partial charge in [-0.15, -0.1) is 0 Å². The zero-order valence-electron chi connectivity index (χ0n) is 48.5. The standard InChI is InChI=1S/C62H125N2O6P/c1-6-8-10-12-14-16-18-20-22-24-26-28-30-31-32-33-34-36-38-40-42-44-46-48-50-52-54-56-62(66)63-60(59-70-71(67,68)69-58-57-64(3,4)5)61(65)55-53-51-49-47-45-43-41-39-37-35-29-27-25-23-21-19-17-15-13-11-9-7-2/h31-32,60-61,65H,6-30,33-59H2,1-5H3,(H-,63,66,67,68)/p+1/b32-31-. The van der Waals surface area contributed by atoms with Crippen molar-refractivity contribution in [3.63, 3.8) is 0 Å². The summed E-state index contributed by atoms with van der Waals surface area (Å²) < 4.78 is 23.8. The molecule has 0 rings (SSSR count). The molecular formula is C62H126N2O6P+. The normalized spacial score (nSPS) is 13.8. The lowest BCUT2D eigenvalue weighted by Gasteiger charge is -2.26. The average Bonchev–Trinajstić information content (AvgIpc) is 3.33. The van der Waals surface area contributed by atoms with Gasteiger partial charge in [0.25, 0.3) is 0 Å². The highest BCUT2D eigenvalue weighted by molar-refractivity contribution is 7.47. The first-order valence-corrected chi connectivity index (χ1v) is 33.0. The number of hydrogen-bond acceptors (Lipinski definition) is 5. The van der Waals surface area contributed by atoms with Gasteiger partial charge in [-0.3, -0.25) is 13.8 Å². The molecule has 424 valence electrons. The third-order valence-electron chi connectivity index (χ3n) is 14.8. The summed E-state index contributed by atoms with van der Waals surface area (Å²) in [5.74, 6) is -0.138. The molecule has 0 aromatic rings. The van der Waals surface area contributed by atoms with Gasteiger partial charge in [0.1, 0.15) is 13.2 Å². The molecule has 71 heavy (non-hydrogen) atoms. The number of phosphoric ester groups is 1. The first kappa shape index (κ1) is 70.2. The minimum atomic E-state index is -4.32. The molecule has 0 aliphatic heterocycles. The van der Waals surface area contributed by atoms with Gasteiger partial charge < -0.3 is 19.8 Å². The van der Waals surface area contributed by atoms with E-state index in [1.54, 1.807) is 0 Å². The fourth-order valence-electron chi connectivity index (χ4n) is 9.81. The van der Waals surface area contributed by atoms with Gasteiger partial charge in [0.2, 0.25) is 5.91 Å². The molecule has 0 saturated carbocycles.